The molecule has 0 aliphatic heterocycles. The predicted octanol–water partition coefficient (Wildman–Crippen LogP) is 6.50. The first-order valence-corrected chi connectivity index (χ1v) is 14.3. The number of para-hydroxylation sites is 1. The highest BCUT2D eigenvalue weighted by Crippen LogP contribution is 2.35. The van der Waals surface area contributed by atoms with E-state index in [4.69, 9.17) is 4.74 Å². The van der Waals surface area contributed by atoms with E-state index in [2.05, 4.69) is 10.6 Å². The van der Waals surface area contributed by atoms with Crippen molar-refractivity contribution in [3.05, 3.63) is 101 Å². The second kappa shape index (κ2) is 13.0. The Morgan fingerprint density at radius 3 is 2.22 bits per heavy atom. The summed E-state index contributed by atoms with van der Waals surface area (Å²) in [6, 6.07) is 22.9. The standard InChI is InChI=1S/C34H41N3O4/c1-23-13-11-17-26(21-23)30(31(38)35-28-20-10-9-14-24(28)2)37(27-18-12-19-27)32(39)29(22-25-15-7-6-8-16-25)36-33(40)41-34(3,4)5/h6-11,13-17,20-21,27,29-30H,12,18-19,22H2,1-5H3,(H,35,38)(H,36,40). The topological polar surface area (TPSA) is 87.7 Å². The Balaban J connectivity index is 1.75. The predicted molar refractivity (Wildman–Crippen MR) is 162 cm³/mol. The molecule has 1 saturated carbocycles. The zero-order chi connectivity index (χ0) is 29.6. The molecule has 7 heteroatoms. The summed E-state index contributed by atoms with van der Waals surface area (Å²) >= 11 is 0. The van der Waals surface area contributed by atoms with Crippen LogP contribution in [0.3, 0.4) is 0 Å². The van der Waals surface area contributed by atoms with Crippen LogP contribution in [0, 0.1) is 13.8 Å². The van der Waals surface area contributed by atoms with Crippen molar-refractivity contribution in [2.75, 3.05) is 5.32 Å². The minimum absolute atomic E-state index is 0.130. The first-order chi connectivity index (χ1) is 19.5. The number of benzene rings is 3. The zero-order valence-corrected chi connectivity index (χ0v) is 24.6. The third-order valence-electron chi connectivity index (χ3n) is 7.28. The number of hydrogen-bond donors (Lipinski definition) is 2. The molecule has 0 spiro atoms. The largest absolute Gasteiger partial charge is 0.444 e. The van der Waals surface area contributed by atoms with Gasteiger partial charge in [-0.2, -0.15) is 0 Å². The molecule has 2 atom stereocenters. The number of nitrogens with one attached hydrogen (secondary N) is 2. The molecular weight excluding hydrogens is 514 g/mol. The first kappa shape index (κ1) is 29.8. The van der Waals surface area contributed by atoms with E-state index in [-0.39, 0.29) is 24.3 Å². The van der Waals surface area contributed by atoms with E-state index in [9.17, 15) is 14.4 Å². The van der Waals surface area contributed by atoms with Crippen molar-refractivity contribution >= 4 is 23.6 Å². The third-order valence-corrected chi connectivity index (χ3v) is 7.28. The van der Waals surface area contributed by atoms with Crippen molar-refractivity contribution in [2.24, 2.45) is 0 Å². The van der Waals surface area contributed by atoms with Gasteiger partial charge in [0.25, 0.3) is 5.91 Å². The fourth-order valence-corrected chi connectivity index (χ4v) is 5.06. The third kappa shape index (κ3) is 7.97. The molecule has 0 aromatic heterocycles. The second-order valence-corrected chi connectivity index (χ2v) is 11.8. The molecule has 3 amide bonds. The molecule has 41 heavy (non-hydrogen) atoms. The van der Waals surface area contributed by atoms with Crippen molar-refractivity contribution < 1.29 is 19.1 Å². The van der Waals surface area contributed by atoms with Crippen LogP contribution in [0.1, 0.15) is 68.3 Å². The van der Waals surface area contributed by atoms with Crippen molar-refractivity contribution in [1.29, 1.82) is 0 Å². The number of carbonyl (C=O) groups excluding carboxylic acids is 3. The maximum absolute atomic E-state index is 14.6. The average Bonchev–Trinajstić information content (AvgIpc) is 2.87. The van der Waals surface area contributed by atoms with Gasteiger partial charge in [0.15, 0.2) is 0 Å². The molecule has 216 valence electrons. The van der Waals surface area contributed by atoms with E-state index < -0.39 is 23.8 Å². The first-order valence-electron chi connectivity index (χ1n) is 14.3. The highest BCUT2D eigenvalue weighted by Gasteiger charge is 2.42. The molecule has 3 aromatic carbocycles. The van der Waals surface area contributed by atoms with E-state index in [1.165, 1.54) is 0 Å². The van der Waals surface area contributed by atoms with Gasteiger partial charge in [-0.3, -0.25) is 9.59 Å². The minimum Gasteiger partial charge on any atom is -0.444 e. The number of anilines is 1. The van der Waals surface area contributed by atoms with Gasteiger partial charge in [-0.05, 0) is 76.6 Å². The molecule has 2 N–H and O–H groups in total. The Morgan fingerprint density at radius 1 is 0.927 bits per heavy atom. The average molecular weight is 556 g/mol. The van der Waals surface area contributed by atoms with Gasteiger partial charge >= 0.3 is 6.09 Å². The molecule has 3 aromatic rings. The summed E-state index contributed by atoms with van der Waals surface area (Å²) in [5.74, 6) is -0.600. The lowest BCUT2D eigenvalue weighted by Gasteiger charge is -2.43. The number of nitrogens with zero attached hydrogens (tertiary/aromatic N) is 1. The van der Waals surface area contributed by atoms with Crippen LogP contribution in [0.25, 0.3) is 0 Å². The van der Waals surface area contributed by atoms with Crippen molar-refractivity contribution in [3.8, 4) is 0 Å². The summed E-state index contributed by atoms with van der Waals surface area (Å²) in [6.45, 7) is 9.26. The lowest BCUT2D eigenvalue weighted by Crippen LogP contribution is -2.57. The maximum Gasteiger partial charge on any atom is 0.408 e. The van der Waals surface area contributed by atoms with Crippen LogP contribution in [0.15, 0.2) is 78.9 Å². The van der Waals surface area contributed by atoms with Crippen LogP contribution in [0.4, 0.5) is 10.5 Å². The van der Waals surface area contributed by atoms with Gasteiger partial charge in [-0.1, -0.05) is 78.4 Å². The Hall–Kier alpha value is -4.13. The van der Waals surface area contributed by atoms with Crippen LogP contribution in [-0.4, -0.2) is 40.5 Å². The lowest BCUT2D eigenvalue weighted by molar-refractivity contribution is -0.145. The number of amides is 3. The molecule has 0 bridgehead atoms. The van der Waals surface area contributed by atoms with Gasteiger partial charge in [0.05, 0.1) is 0 Å². The zero-order valence-electron chi connectivity index (χ0n) is 24.6. The lowest BCUT2D eigenvalue weighted by atomic mass is 9.87. The smallest absolute Gasteiger partial charge is 0.408 e. The van der Waals surface area contributed by atoms with Crippen molar-refractivity contribution in [2.45, 2.75) is 84.0 Å². The van der Waals surface area contributed by atoms with Crippen LogP contribution in [0.5, 0.6) is 0 Å². The summed E-state index contributed by atoms with van der Waals surface area (Å²) in [5.41, 5.74) is 3.52. The molecule has 1 aliphatic carbocycles. The summed E-state index contributed by atoms with van der Waals surface area (Å²) in [4.78, 5) is 43.4. The number of hydrogen-bond acceptors (Lipinski definition) is 4. The SMILES string of the molecule is Cc1cccc(C(C(=O)Nc2ccccc2C)N(C(=O)C(Cc2ccccc2)NC(=O)OC(C)(C)C)C2CCC2)c1. The van der Waals surface area contributed by atoms with E-state index in [1.807, 2.05) is 92.7 Å². The van der Waals surface area contributed by atoms with Gasteiger partial charge in [-0.15, -0.1) is 0 Å². The van der Waals surface area contributed by atoms with Gasteiger partial charge in [-0.25, -0.2) is 4.79 Å². The second-order valence-electron chi connectivity index (χ2n) is 11.8. The number of aryl methyl sites for hydroxylation is 2. The van der Waals surface area contributed by atoms with Crippen LogP contribution >= 0.6 is 0 Å². The van der Waals surface area contributed by atoms with Gasteiger partial charge in [0.2, 0.25) is 5.91 Å². The summed E-state index contributed by atoms with van der Waals surface area (Å²) in [7, 11) is 0. The van der Waals surface area contributed by atoms with E-state index in [1.54, 1.807) is 25.7 Å². The fourth-order valence-electron chi connectivity index (χ4n) is 5.06. The van der Waals surface area contributed by atoms with E-state index in [0.29, 0.717) is 5.69 Å². The van der Waals surface area contributed by atoms with Gasteiger partial charge in [0.1, 0.15) is 17.7 Å². The summed E-state index contributed by atoms with van der Waals surface area (Å²) in [5, 5.41) is 5.92. The molecule has 1 aliphatic rings. The van der Waals surface area contributed by atoms with E-state index in [0.717, 1.165) is 41.5 Å². The monoisotopic (exact) mass is 555 g/mol. The Bertz CT molecular complexity index is 1360. The number of rotatable bonds is 9. The highest BCUT2D eigenvalue weighted by molar-refractivity contribution is 5.99. The van der Waals surface area contributed by atoms with Gasteiger partial charge in [0, 0.05) is 18.2 Å². The Labute approximate surface area is 243 Å². The molecule has 7 nitrogen and oxygen atoms in total. The summed E-state index contributed by atoms with van der Waals surface area (Å²) in [6.07, 6.45) is 2.14. The molecule has 1 fully saturated rings. The number of carbonyl (C=O) groups is 3. The van der Waals surface area contributed by atoms with Crippen LogP contribution in [0.2, 0.25) is 0 Å². The normalized spacial score (nSPS) is 14.8. The van der Waals surface area contributed by atoms with E-state index >= 15 is 0 Å². The van der Waals surface area contributed by atoms with Gasteiger partial charge < -0.3 is 20.3 Å². The molecule has 2 unspecified atom stereocenters. The molecule has 0 saturated heterocycles. The quantitative estimate of drug-likeness (QED) is 0.316. The van der Waals surface area contributed by atoms with Crippen molar-refractivity contribution in [1.82, 2.24) is 10.2 Å². The Morgan fingerprint density at radius 2 is 1.61 bits per heavy atom. The van der Waals surface area contributed by atoms with Crippen molar-refractivity contribution in [3.63, 3.8) is 0 Å². The van der Waals surface area contributed by atoms with Crippen LogP contribution in [-0.2, 0) is 20.7 Å². The number of alkyl carbamates (subject to hydrolysis) is 1. The minimum atomic E-state index is -0.925. The maximum atomic E-state index is 14.6. The molecule has 4 rings (SSSR count). The highest BCUT2D eigenvalue weighted by atomic mass is 16.6. The summed E-state index contributed by atoms with van der Waals surface area (Å²) < 4.78 is 5.54. The molecular formula is C34H41N3O4. The van der Waals surface area contributed by atoms with Crippen LogP contribution < -0.4 is 10.6 Å². The Kier molecular flexibility index (Phi) is 9.48. The molecule has 0 radical (unpaired) electrons. The number of ether oxygens (including phenoxy) is 1. The molecule has 0 heterocycles. The fraction of sp³-hybridized carbons (Fsp3) is 0.382.